The summed E-state index contributed by atoms with van der Waals surface area (Å²) in [5, 5.41) is 10.3. The minimum atomic E-state index is 0.720. The third-order valence-corrected chi connectivity index (χ3v) is 7.88. The molecule has 0 N–H and O–H groups in total. The molecular weight excluding hydrogens is 416 g/mol. The number of aromatic nitrogens is 2. The van der Waals surface area contributed by atoms with Gasteiger partial charge in [0.05, 0.1) is 23.6 Å². The second-order valence-electron chi connectivity index (χ2n) is 8.98. The van der Waals surface area contributed by atoms with Crippen molar-refractivity contribution in [1.29, 1.82) is 5.26 Å². The Balaban J connectivity index is 1.34. The summed E-state index contributed by atoms with van der Waals surface area (Å²) in [6, 6.07) is 10.2. The fourth-order valence-electron chi connectivity index (χ4n) is 4.77. The fraction of sp³-hybridized carbons (Fsp3) is 0.480. The Labute approximate surface area is 194 Å². The quantitative estimate of drug-likeness (QED) is 0.588. The van der Waals surface area contributed by atoms with Crippen LogP contribution in [0.2, 0.25) is 0 Å². The summed E-state index contributed by atoms with van der Waals surface area (Å²) in [6.07, 6.45) is 2.57. The van der Waals surface area contributed by atoms with Crippen LogP contribution in [0.4, 0.5) is 5.82 Å². The maximum Gasteiger partial charge on any atom is 0.146 e. The number of anilines is 1. The van der Waals surface area contributed by atoms with Crippen molar-refractivity contribution in [2.24, 2.45) is 0 Å². The summed E-state index contributed by atoms with van der Waals surface area (Å²) in [5.41, 5.74) is 3.31. The molecule has 0 amide bonds. The summed E-state index contributed by atoms with van der Waals surface area (Å²) < 4.78 is 0. The Hall–Kier alpha value is -2.53. The first kappa shape index (κ1) is 21.3. The molecule has 2 aliphatic rings. The van der Waals surface area contributed by atoms with E-state index in [4.69, 9.17) is 15.2 Å². The Morgan fingerprint density at radius 3 is 2.28 bits per heavy atom. The number of piperazine rings is 1. The van der Waals surface area contributed by atoms with E-state index < -0.39 is 0 Å². The highest BCUT2D eigenvalue weighted by molar-refractivity contribution is 7.18. The molecule has 2 aliphatic heterocycles. The Morgan fingerprint density at radius 1 is 0.906 bits per heavy atom. The lowest BCUT2D eigenvalue weighted by molar-refractivity contribution is 0.249. The van der Waals surface area contributed by atoms with E-state index in [9.17, 15) is 0 Å². The highest BCUT2D eigenvalue weighted by atomic mass is 32.1. The summed E-state index contributed by atoms with van der Waals surface area (Å²) in [5.74, 6) is 2.10. The Bertz CT molecular complexity index is 1130. The maximum atomic E-state index is 9.00. The summed E-state index contributed by atoms with van der Waals surface area (Å²) in [7, 11) is 0. The highest BCUT2D eigenvalue weighted by Gasteiger charge is 2.24. The van der Waals surface area contributed by atoms with Gasteiger partial charge >= 0.3 is 0 Å². The van der Waals surface area contributed by atoms with Crippen LogP contribution in [0.25, 0.3) is 10.2 Å². The molecule has 0 radical (unpaired) electrons. The van der Waals surface area contributed by atoms with Gasteiger partial charge in [0.1, 0.15) is 16.5 Å². The van der Waals surface area contributed by atoms with Gasteiger partial charge in [0.2, 0.25) is 0 Å². The molecule has 5 rings (SSSR count). The molecule has 2 aromatic heterocycles. The molecule has 0 bridgehead atoms. The third kappa shape index (κ3) is 4.36. The van der Waals surface area contributed by atoms with Crippen molar-refractivity contribution in [3.8, 4) is 6.07 Å². The standard InChI is InChI=1S/C25H30N6S/c1-18-19(2)32-25-23(18)24(27-22(28-25)17-29-9-3-4-10-29)31-13-11-30(12-14-31)16-21-7-5-20(15-26)6-8-21/h5-8H,3-4,9-14,16-17H2,1-2H3. The SMILES string of the molecule is Cc1sc2nc(CN3CCCC3)nc(N3CCN(Cc4ccc(C#N)cc4)CC3)c2c1C. The minimum Gasteiger partial charge on any atom is -0.353 e. The van der Waals surface area contributed by atoms with Crippen molar-refractivity contribution in [2.75, 3.05) is 44.2 Å². The average molecular weight is 447 g/mol. The van der Waals surface area contributed by atoms with Gasteiger partial charge in [-0.05, 0) is 63.0 Å². The molecule has 166 valence electrons. The largest absolute Gasteiger partial charge is 0.353 e. The van der Waals surface area contributed by atoms with Gasteiger partial charge in [-0.2, -0.15) is 5.26 Å². The van der Waals surface area contributed by atoms with E-state index in [2.05, 4.69) is 46.7 Å². The van der Waals surface area contributed by atoms with Crippen molar-refractivity contribution < 1.29 is 0 Å². The molecule has 0 unspecified atom stereocenters. The van der Waals surface area contributed by atoms with Gasteiger partial charge in [-0.25, -0.2) is 9.97 Å². The third-order valence-electron chi connectivity index (χ3n) is 6.78. The van der Waals surface area contributed by atoms with Crippen molar-refractivity contribution in [3.63, 3.8) is 0 Å². The zero-order valence-corrected chi connectivity index (χ0v) is 19.8. The van der Waals surface area contributed by atoms with Crippen LogP contribution in [0.1, 0.15) is 40.2 Å². The molecule has 7 heteroatoms. The van der Waals surface area contributed by atoms with Gasteiger partial charge in [0.15, 0.2) is 0 Å². The molecule has 6 nitrogen and oxygen atoms in total. The van der Waals surface area contributed by atoms with Gasteiger partial charge in [0, 0.05) is 37.6 Å². The maximum absolute atomic E-state index is 9.00. The zero-order valence-electron chi connectivity index (χ0n) is 19.0. The minimum absolute atomic E-state index is 0.720. The number of thiophene rings is 1. The molecule has 0 atom stereocenters. The smallest absolute Gasteiger partial charge is 0.146 e. The topological polar surface area (TPSA) is 59.3 Å². The number of hydrogen-bond acceptors (Lipinski definition) is 7. The number of benzene rings is 1. The van der Waals surface area contributed by atoms with Gasteiger partial charge in [-0.3, -0.25) is 9.80 Å². The summed E-state index contributed by atoms with van der Waals surface area (Å²) >= 11 is 1.80. The molecule has 0 spiro atoms. The van der Waals surface area contributed by atoms with Crippen molar-refractivity contribution in [3.05, 3.63) is 51.7 Å². The van der Waals surface area contributed by atoms with E-state index in [1.165, 1.54) is 34.2 Å². The van der Waals surface area contributed by atoms with E-state index in [-0.39, 0.29) is 0 Å². The van der Waals surface area contributed by atoms with Gasteiger partial charge < -0.3 is 4.90 Å². The first-order valence-electron chi connectivity index (χ1n) is 11.6. The van der Waals surface area contributed by atoms with Crippen molar-refractivity contribution >= 4 is 27.4 Å². The molecule has 4 heterocycles. The van der Waals surface area contributed by atoms with E-state index in [0.717, 1.165) is 74.4 Å². The lowest BCUT2D eigenvalue weighted by Gasteiger charge is -2.36. The van der Waals surface area contributed by atoms with Crippen LogP contribution in [-0.4, -0.2) is 59.0 Å². The van der Waals surface area contributed by atoms with E-state index >= 15 is 0 Å². The van der Waals surface area contributed by atoms with Crippen LogP contribution in [0.5, 0.6) is 0 Å². The van der Waals surface area contributed by atoms with Gasteiger partial charge in [0.25, 0.3) is 0 Å². The van der Waals surface area contributed by atoms with Crippen molar-refractivity contribution in [2.45, 2.75) is 39.8 Å². The number of rotatable bonds is 5. The van der Waals surface area contributed by atoms with Gasteiger partial charge in [-0.15, -0.1) is 11.3 Å². The normalized spacial score (nSPS) is 17.8. The lowest BCUT2D eigenvalue weighted by Crippen LogP contribution is -2.46. The predicted molar refractivity (Wildman–Crippen MR) is 130 cm³/mol. The zero-order chi connectivity index (χ0) is 22.1. The second kappa shape index (κ2) is 9.14. The summed E-state index contributed by atoms with van der Waals surface area (Å²) in [6.45, 7) is 12.5. The van der Waals surface area contributed by atoms with E-state index in [1.54, 1.807) is 11.3 Å². The van der Waals surface area contributed by atoms with Crippen LogP contribution in [-0.2, 0) is 13.1 Å². The number of likely N-dealkylation sites (tertiary alicyclic amines) is 1. The highest BCUT2D eigenvalue weighted by Crippen LogP contribution is 2.35. The molecular formula is C25H30N6S. The lowest BCUT2D eigenvalue weighted by atomic mass is 10.1. The molecule has 2 saturated heterocycles. The predicted octanol–water partition coefficient (Wildman–Crippen LogP) is 4.10. The Kier molecular flexibility index (Phi) is 6.09. The number of aryl methyl sites for hydroxylation is 2. The molecule has 2 fully saturated rings. The van der Waals surface area contributed by atoms with Crippen LogP contribution < -0.4 is 4.90 Å². The number of nitrogens with zero attached hydrogens (tertiary/aromatic N) is 6. The van der Waals surface area contributed by atoms with Crippen LogP contribution >= 0.6 is 11.3 Å². The number of fused-ring (bicyclic) bond motifs is 1. The molecule has 3 aromatic rings. The van der Waals surface area contributed by atoms with Gasteiger partial charge in [-0.1, -0.05) is 12.1 Å². The monoisotopic (exact) mass is 446 g/mol. The first-order chi connectivity index (χ1) is 15.6. The molecule has 1 aromatic carbocycles. The average Bonchev–Trinajstić information content (AvgIpc) is 3.42. The first-order valence-corrected chi connectivity index (χ1v) is 12.4. The van der Waals surface area contributed by atoms with Crippen molar-refractivity contribution in [1.82, 2.24) is 19.8 Å². The van der Waals surface area contributed by atoms with Crippen LogP contribution in [0.15, 0.2) is 24.3 Å². The van der Waals surface area contributed by atoms with E-state index in [1.807, 2.05) is 12.1 Å². The second-order valence-corrected chi connectivity index (χ2v) is 10.2. The van der Waals surface area contributed by atoms with Crippen LogP contribution in [0, 0.1) is 25.2 Å². The molecule has 32 heavy (non-hydrogen) atoms. The molecule has 0 saturated carbocycles. The van der Waals surface area contributed by atoms with Crippen LogP contribution in [0.3, 0.4) is 0 Å². The Morgan fingerprint density at radius 2 is 1.59 bits per heavy atom. The molecule has 0 aliphatic carbocycles. The number of nitriles is 1. The summed E-state index contributed by atoms with van der Waals surface area (Å²) in [4.78, 5) is 20.0. The fourth-order valence-corrected chi connectivity index (χ4v) is 5.82. The van der Waals surface area contributed by atoms with E-state index in [0.29, 0.717) is 0 Å². The number of hydrogen-bond donors (Lipinski definition) is 0.